The highest BCUT2D eigenvalue weighted by molar-refractivity contribution is 9.08. The summed E-state index contributed by atoms with van der Waals surface area (Å²) in [4.78, 5) is 9.92. The standard InChI is InChI=1S/C10H7BrO/c11-8-10-5-3-9(4-6-10)2-1-7-12/h3-7H,8H2. The van der Waals surface area contributed by atoms with Crippen LogP contribution in [-0.2, 0) is 10.1 Å². The van der Waals surface area contributed by atoms with Crippen molar-refractivity contribution in [3.05, 3.63) is 35.4 Å². The molecule has 0 aliphatic rings. The molecule has 1 aromatic rings. The first-order valence-corrected chi connectivity index (χ1v) is 4.59. The Bertz CT molecular complexity index is 316. The molecule has 0 aromatic heterocycles. The lowest BCUT2D eigenvalue weighted by molar-refractivity contribution is -0.103. The molecule has 0 aliphatic heterocycles. The molecule has 0 saturated carbocycles. The molecule has 2 heteroatoms. The van der Waals surface area contributed by atoms with E-state index in [1.165, 1.54) is 5.56 Å². The van der Waals surface area contributed by atoms with Gasteiger partial charge >= 0.3 is 0 Å². The van der Waals surface area contributed by atoms with E-state index in [4.69, 9.17) is 0 Å². The van der Waals surface area contributed by atoms with Crippen LogP contribution in [0.3, 0.4) is 0 Å². The molecular weight excluding hydrogens is 216 g/mol. The molecule has 0 spiro atoms. The molecule has 0 radical (unpaired) electrons. The third kappa shape index (κ3) is 2.52. The average molecular weight is 223 g/mol. The second kappa shape index (κ2) is 4.74. The van der Waals surface area contributed by atoms with Crippen molar-refractivity contribution in [1.29, 1.82) is 0 Å². The first-order valence-electron chi connectivity index (χ1n) is 3.47. The monoisotopic (exact) mass is 222 g/mol. The number of carbonyl (C=O) groups excluding carboxylic acids is 1. The molecule has 0 unspecified atom stereocenters. The van der Waals surface area contributed by atoms with Crippen molar-refractivity contribution in [1.82, 2.24) is 0 Å². The van der Waals surface area contributed by atoms with E-state index in [0.717, 1.165) is 10.9 Å². The van der Waals surface area contributed by atoms with Gasteiger partial charge in [-0.3, -0.25) is 4.79 Å². The van der Waals surface area contributed by atoms with Crippen molar-refractivity contribution in [3.63, 3.8) is 0 Å². The van der Waals surface area contributed by atoms with Crippen LogP contribution in [0.5, 0.6) is 0 Å². The fraction of sp³-hybridized carbons (Fsp3) is 0.100. The van der Waals surface area contributed by atoms with E-state index in [1.807, 2.05) is 24.3 Å². The van der Waals surface area contributed by atoms with Crippen LogP contribution in [0, 0.1) is 11.8 Å². The van der Waals surface area contributed by atoms with Crippen LogP contribution in [0.15, 0.2) is 24.3 Å². The molecule has 0 saturated heterocycles. The van der Waals surface area contributed by atoms with E-state index >= 15 is 0 Å². The molecule has 0 atom stereocenters. The zero-order chi connectivity index (χ0) is 8.81. The summed E-state index contributed by atoms with van der Waals surface area (Å²) in [6.45, 7) is 0. The van der Waals surface area contributed by atoms with Crippen molar-refractivity contribution in [2.45, 2.75) is 5.33 Å². The molecule has 1 nitrogen and oxygen atoms in total. The maximum absolute atomic E-state index is 9.92. The summed E-state index contributed by atoms with van der Waals surface area (Å²) in [5, 5.41) is 0.842. The molecular formula is C10H7BrO. The van der Waals surface area contributed by atoms with Crippen molar-refractivity contribution in [2.24, 2.45) is 0 Å². The van der Waals surface area contributed by atoms with Gasteiger partial charge in [-0.2, -0.15) is 0 Å². The summed E-state index contributed by atoms with van der Waals surface area (Å²) in [6, 6.07) is 7.74. The van der Waals surface area contributed by atoms with Gasteiger partial charge in [-0.25, -0.2) is 0 Å². The summed E-state index contributed by atoms with van der Waals surface area (Å²) in [5.41, 5.74) is 2.07. The average Bonchev–Trinajstić information content (AvgIpc) is 2.15. The Morgan fingerprint density at radius 1 is 1.33 bits per heavy atom. The third-order valence-electron chi connectivity index (χ3n) is 1.38. The van der Waals surface area contributed by atoms with Crippen molar-refractivity contribution in [2.75, 3.05) is 0 Å². The molecule has 1 aromatic carbocycles. The van der Waals surface area contributed by atoms with Crippen LogP contribution in [0.25, 0.3) is 0 Å². The number of rotatable bonds is 1. The van der Waals surface area contributed by atoms with E-state index in [-0.39, 0.29) is 0 Å². The minimum Gasteiger partial charge on any atom is -0.289 e. The maximum Gasteiger partial charge on any atom is 0.193 e. The van der Waals surface area contributed by atoms with Gasteiger partial charge in [-0.15, -0.1) is 0 Å². The van der Waals surface area contributed by atoms with Crippen molar-refractivity contribution in [3.8, 4) is 11.8 Å². The molecule has 0 aliphatic carbocycles. The smallest absolute Gasteiger partial charge is 0.193 e. The topological polar surface area (TPSA) is 17.1 Å². The Hall–Kier alpha value is -1.07. The molecule has 0 fully saturated rings. The lowest BCUT2D eigenvalue weighted by atomic mass is 10.2. The van der Waals surface area contributed by atoms with Crippen LogP contribution in [0.1, 0.15) is 11.1 Å². The Balaban J connectivity index is 2.84. The summed E-state index contributed by atoms with van der Waals surface area (Å²) < 4.78 is 0. The number of carbonyl (C=O) groups is 1. The van der Waals surface area contributed by atoms with Gasteiger partial charge in [0.2, 0.25) is 0 Å². The minimum atomic E-state index is 0.596. The zero-order valence-electron chi connectivity index (χ0n) is 6.38. The predicted octanol–water partition coefficient (Wildman–Crippen LogP) is 2.13. The summed E-state index contributed by atoms with van der Waals surface area (Å²) in [6.07, 6.45) is 0.596. The summed E-state index contributed by atoms with van der Waals surface area (Å²) >= 11 is 3.34. The quantitative estimate of drug-likeness (QED) is 0.405. The molecule has 0 heterocycles. The van der Waals surface area contributed by atoms with E-state index in [9.17, 15) is 4.79 Å². The first-order chi connectivity index (χ1) is 5.86. The highest BCUT2D eigenvalue weighted by atomic mass is 79.9. The maximum atomic E-state index is 9.92. The van der Waals surface area contributed by atoms with Gasteiger partial charge < -0.3 is 0 Å². The van der Waals surface area contributed by atoms with E-state index in [0.29, 0.717) is 6.29 Å². The molecule has 0 amide bonds. The van der Waals surface area contributed by atoms with Crippen LogP contribution < -0.4 is 0 Å². The van der Waals surface area contributed by atoms with Gasteiger partial charge in [-0.05, 0) is 23.6 Å². The Morgan fingerprint density at radius 3 is 2.50 bits per heavy atom. The van der Waals surface area contributed by atoms with E-state index in [1.54, 1.807) is 0 Å². The number of aldehydes is 1. The molecule has 60 valence electrons. The highest BCUT2D eigenvalue weighted by Gasteiger charge is 1.88. The van der Waals surface area contributed by atoms with Gasteiger partial charge in [-0.1, -0.05) is 34.0 Å². The van der Waals surface area contributed by atoms with Crippen LogP contribution in [0.2, 0.25) is 0 Å². The Kier molecular flexibility index (Phi) is 3.56. The number of alkyl halides is 1. The number of hydrogen-bond donors (Lipinski definition) is 0. The van der Waals surface area contributed by atoms with Gasteiger partial charge in [0.05, 0.1) is 0 Å². The molecule has 1 rings (SSSR count). The lowest BCUT2D eigenvalue weighted by Crippen LogP contribution is -1.78. The van der Waals surface area contributed by atoms with Crippen LogP contribution >= 0.6 is 15.9 Å². The second-order valence-corrected chi connectivity index (χ2v) is 2.78. The fourth-order valence-corrected chi connectivity index (χ4v) is 1.16. The minimum absolute atomic E-state index is 0.596. The van der Waals surface area contributed by atoms with Crippen molar-refractivity contribution >= 4 is 22.2 Å². The SMILES string of the molecule is O=CC#Cc1ccc(CBr)cc1. The van der Waals surface area contributed by atoms with Crippen molar-refractivity contribution < 1.29 is 4.79 Å². The van der Waals surface area contributed by atoms with Gasteiger partial charge in [0.15, 0.2) is 6.29 Å². The number of halogens is 1. The number of benzene rings is 1. The van der Waals surface area contributed by atoms with Gasteiger partial charge in [0.25, 0.3) is 0 Å². The predicted molar refractivity (Wildman–Crippen MR) is 52.0 cm³/mol. The van der Waals surface area contributed by atoms with E-state index < -0.39 is 0 Å². The van der Waals surface area contributed by atoms with Crippen LogP contribution in [-0.4, -0.2) is 6.29 Å². The zero-order valence-corrected chi connectivity index (χ0v) is 7.97. The summed E-state index contributed by atoms with van der Waals surface area (Å²) in [5.74, 6) is 5.07. The largest absolute Gasteiger partial charge is 0.289 e. The Labute approximate surface area is 79.9 Å². The second-order valence-electron chi connectivity index (χ2n) is 2.22. The normalized spacial score (nSPS) is 8.42. The van der Waals surface area contributed by atoms with E-state index in [2.05, 4.69) is 27.8 Å². The first kappa shape index (κ1) is 9.02. The lowest BCUT2D eigenvalue weighted by Gasteiger charge is -1.93. The van der Waals surface area contributed by atoms with Gasteiger partial charge in [0.1, 0.15) is 0 Å². The number of hydrogen-bond acceptors (Lipinski definition) is 1. The molecule has 0 N–H and O–H groups in total. The fourth-order valence-electron chi connectivity index (χ4n) is 0.790. The summed E-state index contributed by atoms with van der Waals surface area (Å²) in [7, 11) is 0. The highest BCUT2D eigenvalue weighted by Crippen LogP contribution is 2.06. The molecule has 0 bridgehead atoms. The van der Waals surface area contributed by atoms with Gasteiger partial charge in [0, 0.05) is 10.9 Å². The Morgan fingerprint density at radius 2 is 2.00 bits per heavy atom. The third-order valence-corrected chi connectivity index (χ3v) is 2.03. The molecule has 12 heavy (non-hydrogen) atoms. The van der Waals surface area contributed by atoms with Crippen LogP contribution in [0.4, 0.5) is 0 Å².